The molecule has 3 N–H and O–H groups in total. The molecule has 1 aliphatic heterocycles. The topological polar surface area (TPSA) is 66.6 Å². The largest absolute Gasteiger partial charge is 0.398 e. The Balaban J connectivity index is 1.81. The van der Waals surface area contributed by atoms with Crippen molar-refractivity contribution in [3.63, 3.8) is 0 Å². The number of nitrogens with two attached hydrogens (primary N) is 1. The van der Waals surface area contributed by atoms with Gasteiger partial charge in [0, 0.05) is 35.9 Å². The number of Topliss-reactive ketones (excluding diaryl/α,β-unsaturated/α-hetero) is 1. The van der Waals surface area contributed by atoms with E-state index in [1.54, 1.807) is 6.07 Å². The first kappa shape index (κ1) is 12.5. The number of fused-ring (bicyclic) bond motifs is 1. The summed E-state index contributed by atoms with van der Waals surface area (Å²) < 4.78 is 0. The Morgan fingerprint density at radius 3 is 2.79 bits per heavy atom. The lowest BCUT2D eigenvalue weighted by Crippen LogP contribution is -2.24. The molecule has 0 bridgehead atoms. The van der Waals surface area contributed by atoms with Gasteiger partial charge in [0.2, 0.25) is 0 Å². The highest BCUT2D eigenvalue weighted by Gasteiger charge is 2.41. The maximum absolute atomic E-state index is 11.4. The molecule has 19 heavy (non-hydrogen) atoms. The number of aliphatic hydroxyl groups is 1. The summed E-state index contributed by atoms with van der Waals surface area (Å²) in [5.74, 6) is 0.996. The fraction of sp³-hybridized carbons (Fsp3) is 0.533. The van der Waals surface area contributed by atoms with Gasteiger partial charge >= 0.3 is 0 Å². The van der Waals surface area contributed by atoms with Crippen LogP contribution in [0.15, 0.2) is 18.2 Å². The maximum Gasteiger partial charge on any atom is 0.161 e. The van der Waals surface area contributed by atoms with Crippen molar-refractivity contribution >= 4 is 17.2 Å². The van der Waals surface area contributed by atoms with Crippen LogP contribution in [0, 0.1) is 11.8 Å². The molecule has 1 aromatic rings. The van der Waals surface area contributed by atoms with Crippen molar-refractivity contribution in [2.75, 3.05) is 23.7 Å². The van der Waals surface area contributed by atoms with E-state index >= 15 is 0 Å². The van der Waals surface area contributed by atoms with Gasteiger partial charge in [0.05, 0.1) is 6.10 Å². The second-order valence-corrected chi connectivity index (χ2v) is 5.80. The summed E-state index contributed by atoms with van der Waals surface area (Å²) in [5, 5.41) is 9.94. The molecule has 1 aromatic carbocycles. The average molecular weight is 260 g/mol. The van der Waals surface area contributed by atoms with E-state index in [0.717, 1.165) is 31.6 Å². The summed E-state index contributed by atoms with van der Waals surface area (Å²) in [6.45, 7) is 3.41. The first-order valence-corrected chi connectivity index (χ1v) is 6.89. The summed E-state index contributed by atoms with van der Waals surface area (Å²) in [5.41, 5.74) is 8.13. The van der Waals surface area contributed by atoms with Crippen LogP contribution >= 0.6 is 0 Å². The van der Waals surface area contributed by atoms with E-state index in [-0.39, 0.29) is 11.9 Å². The predicted molar refractivity (Wildman–Crippen MR) is 75.3 cm³/mol. The molecule has 3 unspecified atom stereocenters. The molecular weight excluding hydrogens is 240 g/mol. The molecule has 4 nitrogen and oxygen atoms in total. The molecule has 0 amide bonds. The van der Waals surface area contributed by atoms with Crippen LogP contribution in [0.5, 0.6) is 0 Å². The standard InChI is InChI=1S/C15H20N2O2/c1-9(18)12-4-3-11(6-14(12)16)17-7-10-2-5-15(19)13(10)8-17/h3-4,6,10,13,15,19H,2,5,7-8,16H2,1H3. The molecule has 1 saturated carbocycles. The van der Waals surface area contributed by atoms with Gasteiger partial charge in [-0.25, -0.2) is 0 Å². The first-order valence-electron chi connectivity index (χ1n) is 6.89. The number of nitrogen functional groups attached to an aromatic ring is 1. The molecule has 2 aliphatic rings. The molecule has 3 atom stereocenters. The van der Waals surface area contributed by atoms with Gasteiger partial charge in [0.15, 0.2) is 5.78 Å². The molecule has 1 heterocycles. The van der Waals surface area contributed by atoms with Crippen molar-refractivity contribution in [1.82, 2.24) is 0 Å². The van der Waals surface area contributed by atoms with Gasteiger partial charge in [0.25, 0.3) is 0 Å². The van der Waals surface area contributed by atoms with Crippen molar-refractivity contribution in [2.24, 2.45) is 11.8 Å². The summed E-state index contributed by atoms with van der Waals surface area (Å²) >= 11 is 0. The Bertz CT molecular complexity index is 515. The fourth-order valence-electron chi connectivity index (χ4n) is 3.51. The minimum absolute atomic E-state index is 0.00207. The molecule has 2 fully saturated rings. The Labute approximate surface area is 113 Å². The van der Waals surface area contributed by atoms with Crippen LogP contribution in [0.4, 0.5) is 11.4 Å². The van der Waals surface area contributed by atoms with E-state index in [2.05, 4.69) is 4.90 Å². The number of benzene rings is 1. The van der Waals surface area contributed by atoms with Gasteiger partial charge in [-0.2, -0.15) is 0 Å². The van der Waals surface area contributed by atoms with E-state index in [1.165, 1.54) is 6.92 Å². The van der Waals surface area contributed by atoms with E-state index in [1.807, 2.05) is 12.1 Å². The zero-order chi connectivity index (χ0) is 13.6. The van der Waals surface area contributed by atoms with Crippen LogP contribution in [0.25, 0.3) is 0 Å². The molecule has 0 radical (unpaired) electrons. The lowest BCUT2D eigenvalue weighted by Gasteiger charge is -2.21. The predicted octanol–water partition coefficient (Wildman–Crippen LogP) is 1.68. The van der Waals surface area contributed by atoms with Gasteiger partial charge in [-0.05, 0) is 43.9 Å². The molecule has 1 aliphatic carbocycles. The van der Waals surface area contributed by atoms with Crippen molar-refractivity contribution < 1.29 is 9.90 Å². The zero-order valence-electron chi connectivity index (χ0n) is 11.2. The van der Waals surface area contributed by atoms with Crippen LogP contribution in [-0.4, -0.2) is 30.1 Å². The monoisotopic (exact) mass is 260 g/mol. The second-order valence-electron chi connectivity index (χ2n) is 5.80. The number of nitrogens with zero attached hydrogens (tertiary/aromatic N) is 1. The average Bonchev–Trinajstić information content (AvgIpc) is 2.91. The van der Waals surface area contributed by atoms with Crippen LogP contribution in [0.2, 0.25) is 0 Å². The van der Waals surface area contributed by atoms with Crippen LogP contribution < -0.4 is 10.6 Å². The lowest BCUT2D eigenvalue weighted by molar-refractivity contribution is 0.101. The van der Waals surface area contributed by atoms with Crippen molar-refractivity contribution in [1.29, 1.82) is 0 Å². The van der Waals surface area contributed by atoms with Crippen molar-refractivity contribution in [3.8, 4) is 0 Å². The number of rotatable bonds is 2. The normalized spacial score (nSPS) is 29.6. The maximum atomic E-state index is 11.4. The van der Waals surface area contributed by atoms with Crippen molar-refractivity contribution in [3.05, 3.63) is 23.8 Å². The van der Waals surface area contributed by atoms with Gasteiger partial charge in [0.1, 0.15) is 0 Å². The zero-order valence-corrected chi connectivity index (χ0v) is 11.2. The second kappa shape index (κ2) is 4.53. The highest BCUT2D eigenvalue weighted by Crippen LogP contribution is 2.40. The summed E-state index contributed by atoms with van der Waals surface area (Å²) in [7, 11) is 0. The third-order valence-corrected chi connectivity index (χ3v) is 4.60. The Morgan fingerprint density at radius 1 is 1.37 bits per heavy atom. The highest BCUT2D eigenvalue weighted by molar-refractivity contribution is 5.99. The number of ketones is 1. The lowest BCUT2D eigenvalue weighted by atomic mass is 10.00. The Kier molecular flexibility index (Phi) is 2.97. The fourth-order valence-corrected chi connectivity index (χ4v) is 3.51. The molecular formula is C15H20N2O2. The number of carbonyl (C=O) groups excluding carboxylic acids is 1. The third kappa shape index (κ3) is 2.10. The van der Waals surface area contributed by atoms with Crippen LogP contribution in [0.3, 0.4) is 0 Å². The highest BCUT2D eigenvalue weighted by atomic mass is 16.3. The van der Waals surface area contributed by atoms with E-state index in [4.69, 9.17) is 5.73 Å². The van der Waals surface area contributed by atoms with Crippen LogP contribution in [0.1, 0.15) is 30.1 Å². The van der Waals surface area contributed by atoms with E-state index in [9.17, 15) is 9.90 Å². The third-order valence-electron chi connectivity index (χ3n) is 4.60. The van der Waals surface area contributed by atoms with Gasteiger partial charge < -0.3 is 15.7 Å². The van der Waals surface area contributed by atoms with Crippen LogP contribution in [-0.2, 0) is 0 Å². The molecule has 4 heteroatoms. The number of aliphatic hydroxyl groups excluding tert-OH is 1. The van der Waals surface area contributed by atoms with Gasteiger partial charge in [-0.1, -0.05) is 0 Å². The quantitative estimate of drug-likeness (QED) is 0.627. The smallest absolute Gasteiger partial charge is 0.161 e. The summed E-state index contributed by atoms with van der Waals surface area (Å²) in [4.78, 5) is 13.7. The number of hydrogen-bond acceptors (Lipinski definition) is 4. The molecule has 0 spiro atoms. The van der Waals surface area contributed by atoms with Crippen molar-refractivity contribution in [2.45, 2.75) is 25.9 Å². The number of carbonyl (C=O) groups is 1. The number of anilines is 2. The Hall–Kier alpha value is -1.55. The minimum atomic E-state index is -0.149. The van der Waals surface area contributed by atoms with E-state index in [0.29, 0.717) is 23.1 Å². The first-order chi connectivity index (χ1) is 9.06. The summed E-state index contributed by atoms with van der Waals surface area (Å²) in [6.07, 6.45) is 1.90. The Morgan fingerprint density at radius 2 is 2.16 bits per heavy atom. The minimum Gasteiger partial charge on any atom is -0.398 e. The van der Waals surface area contributed by atoms with Gasteiger partial charge in [-0.15, -0.1) is 0 Å². The molecule has 3 rings (SSSR count). The summed E-state index contributed by atoms with van der Waals surface area (Å²) in [6, 6.07) is 5.64. The SMILES string of the molecule is CC(=O)c1ccc(N2CC3CCC(O)C3C2)cc1N. The molecule has 102 valence electrons. The number of hydrogen-bond donors (Lipinski definition) is 2. The molecule has 1 saturated heterocycles. The van der Waals surface area contributed by atoms with E-state index < -0.39 is 0 Å². The molecule has 0 aromatic heterocycles. The van der Waals surface area contributed by atoms with Gasteiger partial charge in [-0.3, -0.25) is 4.79 Å².